The van der Waals surface area contributed by atoms with Crippen LogP contribution in [-0.4, -0.2) is 25.1 Å². The molecule has 0 saturated carbocycles. The van der Waals surface area contributed by atoms with E-state index in [0.29, 0.717) is 0 Å². The lowest BCUT2D eigenvalue weighted by Gasteiger charge is -2.06. The van der Waals surface area contributed by atoms with E-state index in [0.717, 1.165) is 0 Å². The van der Waals surface area contributed by atoms with Gasteiger partial charge in [0.05, 0.1) is 16.6 Å². The lowest BCUT2D eigenvalue weighted by molar-refractivity contribution is 0.0265. The van der Waals surface area contributed by atoms with Crippen LogP contribution >= 0.6 is 0 Å². The van der Waals surface area contributed by atoms with Crippen LogP contribution in [0.1, 0.15) is 26.2 Å². The van der Waals surface area contributed by atoms with Gasteiger partial charge < -0.3 is 9.47 Å². The minimum atomic E-state index is -3.18. The minimum Gasteiger partial charge on any atom is -0.458 e. The molecule has 4 nitrogen and oxygen atoms in total. The number of esters is 2. The molecule has 0 unspecified atom stereocenters. The number of benzene rings is 2. The molecule has 102 valence electrons. The van der Waals surface area contributed by atoms with Crippen molar-refractivity contribution in [2.45, 2.75) is 0 Å². The smallest absolute Gasteiger partial charge is 0.338 e. The number of hydrogen-bond acceptors (Lipinski definition) is 4. The maximum atomic E-state index is 11.9. The van der Waals surface area contributed by atoms with E-state index in [9.17, 15) is 9.59 Å². The highest BCUT2D eigenvalue weighted by Crippen LogP contribution is 2.02. The molecule has 0 heterocycles. The van der Waals surface area contributed by atoms with Gasteiger partial charge in [-0.25, -0.2) is 9.59 Å². The van der Waals surface area contributed by atoms with Crippen LogP contribution in [0.25, 0.3) is 0 Å². The molecule has 0 fully saturated rings. The second kappa shape index (κ2) is 7.09. The maximum Gasteiger partial charge on any atom is 0.338 e. The Balaban J connectivity index is 2.11. The normalized spacial score (nSPS) is 14.2. The Morgan fingerprint density at radius 2 is 1.10 bits per heavy atom. The summed E-state index contributed by atoms with van der Waals surface area (Å²) in [7, 11) is 0. The molecule has 0 aliphatic carbocycles. The topological polar surface area (TPSA) is 52.6 Å². The van der Waals surface area contributed by atoms with Gasteiger partial charge in [0.1, 0.15) is 13.1 Å². The molecule has 0 spiro atoms. The summed E-state index contributed by atoms with van der Waals surface area (Å²) in [5.74, 6) is -2.14. The van der Waals surface area contributed by atoms with Gasteiger partial charge in [0.15, 0.2) is 0 Å². The van der Waals surface area contributed by atoms with Gasteiger partial charge in [0.2, 0.25) is 0 Å². The highest BCUT2D eigenvalue weighted by atomic mass is 16.6. The molecule has 0 saturated heterocycles. The van der Waals surface area contributed by atoms with Gasteiger partial charge in [-0.2, -0.15) is 0 Å². The Kier molecular flexibility index (Phi) is 3.30. The van der Waals surface area contributed by atoms with Crippen LogP contribution in [0.3, 0.4) is 0 Å². The van der Waals surface area contributed by atoms with Crippen LogP contribution in [0.15, 0.2) is 60.7 Å². The fourth-order valence-electron chi connectivity index (χ4n) is 1.40. The maximum absolute atomic E-state index is 11.9. The molecule has 0 radical (unpaired) electrons. The van der Waals surface area contributed by atoms with Gasteiger partial charge >= 0.3 is 11.9 Å². The third-order valence-electron chi connectivity index (χ3n) is 2.35. The molecule has 0 aliphatic heterocycles. The van der Waals surface area contributed by atoms with Gasteiger partial charge in [-0.05, 0) is 24.3 Å². The second-order valence-electron chi connectivity index (χ2n) is 3.72. The Morgan fingerprint density at radius 1 is 0.750 bits per heavy atom. The summed E-state index contributed by atoms with van der Waals surface area (Å²) in [6.45, 7) is -6.35. The van der Waals surface area contributed by atoms with Crippen molar-refractivity contribution >= 4 is 11.9 Å². The number of hydrogen-bond donors (Lipinski definition) is 0. The summed E-state index contributed by atoms with van der Waals surface area (Å²) >= 11 is 0. The lowest BCUT2D eigenvalue weighted by atomic mass is 10.2. The van der Waals surface area contributed by atoms with Crippen LogP contribution in [0.4, 0.5) is 0 Å². The zero-order chi connectivity index (χ0) is 17.8. The fraction of sp³-hybridized carbons (Fsp3) is 0.125. The van der Waals surface area contributed by atoms with Crippen molar-refractivity contribution in [2.75, 3.05) is 13.1 Å². The van der Waals surface area contributed by atoms with E-state index >= 15 is 0 Å². The van der Waals surface area contributed by atoms with Gasteiger partial charge in [0, 0.05) is 0 Å². The van der Waals surface area contributed by atoms with E-state index in [2.05, 4.69) is 9.47 Å². The Labute approximate surface area is 122 Å². The first kappa shape index (κ1) is 9.31. The van der Waals surface area contributed by atoms with Crippen LogP contribution < -0.4 is 0 Å². The summed E-state index contributed by atoms with van der Waals surface area (Å²) in [5.41, 5.74) is 0.0955. The molecule has 0 N–H and O–H groups in total. The van der Waals surface area contributed by atoms with E-state index in [1.165, 1.54) is 24.3 Å². The first-order valence-electron chi connectivity index (χ1n) is 7.80. The van der Waals surface area contributed by atoms with Crippen molar-refractivity contribution < 1.29 is 24.5 Å². The SMILES string of the molecule is [2H]C([2H])(OC(=O)c1ccccc1)C([2H])([2H])OC(=O)c1ccccc1. The van der Waals surface area contributed by atoms with Gasteiger partial charge in [0.25, 0.3) is 0 Å². The largest absolute Gasteiger partial charge is 0.458 e. The lowest BCUT2D eigenvalue weighted by Crippen LogP contribution is -2.14. The fourth-order valence-corrected chi connectivity index (χ4v) is 1.40. The molecular formula is C16H14O4. The van der Waals surface area contributed by atoms with E-state index in [4.69, 9.17) is 5.48 Å². The predicted molar refractivity (Wildman–Crippen MR) is 73.4 cm³/mol. The van der Waals surface area contributed by atoms with E-state index in [1.54, 1.807) is 36.4 Å². The number of rotatable bonds is 5. The number of carbonyl (C=O) groups is 2. The zero-order valence-electron chi connectivity index (χ0n) is 14.4. The van der Waals surface area contributed by atoms with Gasteiger partial charge in [-0.1, -0.05) is 36.4 Å². The highest BCUT2D eigenvalue weighted by molar-refractivity contribution is 5.90. The molecule has 0 amide bonds. The quantitative estimate of drug-likeness (QED) is 0.787. The molecule has 20 heavy (non-hydrogen) atoms. The summed E-state index contributed by atoms with van der Waals surface area (Å²) in [6.07, 6.45) is 0. The number of ether oxygens (including phenoxy) is 2. The summed E-state index contributed by atoms with van der Waals surface area (Å²) in [4.78, 5) is 23.8. The van der Waals surface area contributed by atoms with Crippen LogP contribution in [0.2, 0.25) is 0 Å². The molecule has 4 heteroatoms. The van der Waals surface area contributed by atoms with Crippen LogP contribution in [0.5, 0.6) is 0 Å². The molecule has 0 aliphatic rings. The standard InChI is InChI=1S/C16H14O4/c17-15(13-7-3-1-4-8-13)19-11-12-20-16(18)14-9-5-2-6-10-14/h1-10H,11-12H2/i11D2,12D2. The molecule has 2 rings (SSSR count). The summed E-state index contributed by atoms with van der Waals surface area (Å²) in [5, 5.41) is 0. The highest BCUT2D eigenvalue weighted by Gasteiger charge is 2.08. The first-order valence-corrected chi connectivity index (χ1v) is 5.80. The predicted octanol–water partition coefficient (Wildman–Crippen LogP) is 2.70. The Bertz CT molecular complexity index is 654. The molecule has 0 atom stereocenters. The average molecular weight is 274 g/mol. The molecule has 0 aromatic heterocycles. The molecule has 0 bridgehead atoms. The molecule has 2 aromatic carbocycles. The molecule has 2 aromatic rings. The van der Waals surface area contributed by atoms with Gasteiger partial charge in [-0.15, -0.1) is 0 Å². The summed E-state index contributed by atoms with van der Waals surface area (Å²) < 4.78 is 39.7. The van der Waals surface area contributed by atoms with E-state index < -0.39 is 25.1 Å². The van der Waals surface area contributed by atoms with Crippen molar-refractivity contribution in [1.82, 2.24) is 0 Å². The average Bonchev–Trinajstić information content (AvgIpc) is 2.55. The zero-order valence-corrected chi connectivity index (χ0v) is 10.4. The van der Waals surface area contributed by atoms with Crippen molar-refractivity contribution in [3.8, 4) is 0 Å². The van der Waals surface area contributed by atoms with Crippen molar-refractivity contribution in [3.63, 3.8) is 0 Å². The third-order valence-corrected chi connectivity index (χ3v) is 2.35. The molecular weight excluding hydrogens is 256 g/mol. The van der Waals surface area contributed by atoms with Crippen LogP contribution in [0, 0.1) is 0 Å². The Morgan fingerprint density at radius 3 is 1.45 bits per heavy atom. The Hall–Kier alpha value is -2.62. The first-order chi connectivity index (χ1) is 11.2. The minimum absolute atomic E-state index is 0.0477. The monoisotopic (exact) mass is 274 g/mol. The van der Waals surface area contributed by atoms with E-state index in [1.807, 2.05) is 0 Å². The van der Waals surface area contributed by atoms with Crippen LogP contribution in [-0.2, 0) is 9.47 Å². The number of carbonyl (C=O) groups excluding carboxylic acids is 2. The van der Waals surface area contributed by atoms with E-state index in [-0.39, 0.29) is 11.1 Å². The van der Waals surface area contributed by atoms with Crippen molar-refractivity contribution in [1.29, 1.82) is 0 Å². The van der Waals surface area contributed by atoms with Crippen molar-refractivity contribution in [2.24, 2.45) is 0 Å². The van der Waals surface area contributed by atoms with Crippen molar-refractivity contribution in [3.05, 3.63) is 71.8 Å². The van der Waals surface area contributed by atoms with Gasteiger partial charge in [-0.3, -0.25) is 0 Å². The second-order valence-corrected chi connectivity index (χ2v) is 3.72. The summed E-state index contributed by atoms with van der Waals surface area (Å²) in [6, 6.07) is 15.1. The third kappa shape index (κ3) is 3.95.